The van der Waals surface area contributed by atoms with Crippen molar-refractivity contribution in [2.75, 3.05) is 64.1 Å². The first-order valence-corrected chi connectivity index (χ1v) is 13.9. The Labute approximate surface area is 242 Å². The van der Waals surface area contributed by atoms with E-state index in [9.17, 15) is 14.4 Å². The molecule has 6 rings (SSSR count). The summed E-state index contributed by atoms with van der Waals surface area (Å²) in [5.41, 5.74) is 5.95. The summed E-state index contributed by atoms with van der Waals surface area (Å²) < 4.78 is 43.6. The molecule has 0 saturated heterocycles. The van der Waals surface area contributed by atoms with Crippen molar-refractivity contribution >= 4 is 60.7 Å². The topological polar surface area (TPSA) is 130 Å². The van der Waals surface area contributed by atoms with Gasteiger partial charge in [-0.1, -0.05) is 17.7 Å². The minimum Gasteiger partial charge on any atom is -0.489 e. The molecular formula is C27H24ClF2N7O3S. The molecule has 0 saturated carbocycles. The van der Waals surface area contributed by atoms with Gasteiger partial charge in [-0.25, -0.2) is 8.78 Å². The van der Waals surface area contributed by atoms with Crippen LogP contribution in [0.25, 0.3) is 32.1 Å². The van der Waals surface area contributed by atoms with Crippen LogP contribution in [-0.2, 0) is 4.79 Å². The Morgan fingerprint density at radius 1 is 1.29 bits per heavy atom. The SMILES string of the molecule is CN(C)CC1CNC(=O)CN2CCOc3c(Cl)c(-c4ccc(F)c5sc(N)c(C#N)c45)c(F)c4nc(nc2c34)OC1. The van der Waals surface area contributed by atoms with Crippen molar-refractivity contribution in [3.05, 3.63) is 34.4 Å². The predicted octanol–water partition coefficient (Wildman–Crippen LogP) is 3.78. The van der Waals surface area contributed by atoms with Crippen LogP contribution in [0.2, 0.25) is 5.02 Å². The Balaban J connectivity index is 1.63. The number of hydrogen-bond acceptors (Lipinski definition) is 10. The van der Waals surface area contributed by atoms with Gasteiger partial charge in [-0.3, -0.25) is 4.79 Å². The molecule has 41 heavy (non-hydrogen) atoms. The largest absolute Gasteiger partial charge is 0.489 e. The van der Waals surface area contributed by atoms with E-state index in [1.54, 1.807) is 4.90 Å². The predicted molar refractivity (Wildman–Crippen MR) is 153 cm³/mol. The fourth-order valence-corrected chi connectivity index (χ4v) is 6.58. The molecule has 0 radical (unpaired) electrons. The number of anilines is 2. The fourth-order valence-electron chi connectivity index (χ4n) is 5.30. The molecular weight excluding hydrogens is 576 g/mol. The number of ether oxygens (including phenoxy) is 2. The van der Waals surface area contributed by atoms with Gasteiger partial charge < -0.3 is 30.3 Å². The number of rotatable bonds is 3. The second-order valence-corrected chi connectivity index (χ2v) is 11.6. The van der Waals surface area contributed by atoms with Crippen molar-refractivity contribution in [3.8, 4) is 29.0 Å². The lowest BCUT2D eigenvalue weighted by molar-refractivity contribution is -0.120. The van der Waals surface area contributed by atoms with Gasteiger partial charge in [0.05, 0.1) is 40.4 Å². The fraction of sp³-hybridized carbons (Fsp3) is 0.333. The zero-order valence-corrected chi connectivity index (χ0v) is 23.6. The third-order valence-electron chi connectivity index (χ3n) is 7.04. The normalized spacial score (nSPS) is 17.1. The molecule has 10 nitrogen and oxygen atoms in total. The van der Waals surface area contributed by atoms with Gasteiger partial charge in [-0.2, -0.15) is 15.2 Å². The molecule has 1 atom stereocenters. The van der Waals surface area contributed by atoms with Crippen LogP contribution in [-0.4, -0.2) is 74.3 Å². The minimum atomic E-state index is -0.835. The number of nitrogens with one attached hydrogen (secondary N) is 1. The number of nitrogens with zero attached hydrogens (tertiary/aromatic N) is 5. The van der Waals surface area contributed by atoms with E-state index in [2.05, 4.69) is 15.3 Å². The minimum absolute atomic E-state index is 0.0248. The summed E-state index contributed by atoms with van der Waals surface area (Å²) in [5.74, 6) is -1.39. The van der Waals surface area contributed by atoms with Gasteiger partial charge in [0.2, 0.25) is 5.91 Å². The third-order valence-corrected chi connectivity index (χ3v) is 8.43. The average Bonchev–Trinajstić information content (AvgIpc) is 3.16. The number of carbonyl (C=O) groups excluding carboxylic acids is 1. The van der Waals surface area contributed by atoms with Crippen molar-refractivity contribution in [2.24, 2.45) is 5.92 Å². The maximum atomic E-state index is 16.7. The zero-order chi connectivity index (χ0) is 29.0. The van der Waals surface area contributed by atoms with Crippen LogP contribution >= 0.6 is 22.9 Å². The first-order chi connectivity index (χ1) is 19.7. The first kappa shape index (κ1) is 27.2. The number of nitrogen functional groups attached to an aromatic ring is 1. The van der Waals surface area contributed by atoms with Crippen LogP contribution in [0.4, 0.5) is 19.6 Å². The zero-order valence-electron chi connectivity index (χ0n) is 22.1. The molecule has 2 aliphatic rings. The molecule has 2 aromatic carbocycles. The molecule has 14 heteroatoms. The van der Waals surface area contributed by atoms with Crippen molar-refractivity contribution in [1.82, 2.24) is 20.2 Å². The van der Waals surface area contributed by atoms with Crippen molar-refractivity contribution in [3.63, 3.8) is 0 Å². The summed E-state index contributed by atoms with van der Waals surface area (Å²) in [6, 6.07) is 4.46. The van der Waals surface area contributed by atoms with E-state index in [4.69, 9.17) is 26.8 Å². The second-order valence-electron chi connectivity index (χ2n) is 10.2. The standard InChI is InChI=1S/C27H24ClF2N7O3S/c1-36(2)9-12-8-33-16(38)10-37-5-6-39-23-19-22(34-27(40-11-12)35-26(19)37)21(30)18(20(23)28)13-3-4-15(29)24-17(13)14(7-31)25(32)41-24/h3-4,12H,5-6,8-11,32H2,1-2H3,(H,33,38). The van der Waals surface area contributed by atoms with Crippen LogP contribution < -0.4 is 25.4 Å². The van der Waals surface area contributed by atoms with Crippen LogP contribution in [0, 0.1) is 28.9 Å². The van der Waals surface area contributed by atoms with Crippen molar-refractivity contribution in [2.45, 2.75) is 0 Å². The quantitative estimate of drug-likeness (QED) is 0.361. The van der Waals surface area contributed by atoms with Gasteiger partial charge in [-0.15, -0.1) is 11.3 Å². The monoisotopic (exact) mass is 599 g/mol. The van der Waals surface area contributed by atoms with E-state index in [1.165, 1.54) is 12.1 Å². The van der Waals surface area contributed by atoms with Gasteiger partial charge in [0.15, 0.2) is 11.6 Å². The summed E-state index contributed by atoms with van der Waals surface area (Å²) in [6.07, 6.45) is 0. The summed E-state index contributed by atoms with van der Waals surface area (Å²) in [6.45, 7) is 1.48. The third kappa shape index (κ3) is 4.61. The molecule has 3 N–H and O–H groups in total. The summed E-state index contributed by atoms with van der Waals surface area (Å²) in [4.78, 5) is 25.6. The van der Waals surface area contributed by atoms with Crippen LogP contribution in [0.3, 0.4) is 0 Å². The van der Waals surface area contributed by atoms with E-state index in [-0.39, 0.29) is 103 Å². The lowest BCUT2D eigenvalue weighted by Gasteiger charge is -2.22. The number of nitrogens with two attached hydrogens (primary N) is 1. The number of aromatic nitrogens is 2. The Morgan fingerprint density at radius 2 is 2.10 bits per heavy atom. The Kier molecular flexibility index (Phi) is 6.93. The summed E-state index contributed by atoms with van der Waals surface area (Å²) in [5, 5.41) is 13.1. The Bertz CT molecular complexity index is 1770. The molecule has 1 unspecified atom stereocenters. The lowest BCUT2D eigenvalue weighted by atomic mass is 9.96. The first-order valence-electron chi connectivity index (χ1n) is 12.7. The average molecular weight is 600 g/mol. The van der Waals surface area contributed by atoms with Crippen LogP contribution in [0.1, 0.15) is 5.56 Å². The molecule has 1 amide bonds. The molecule has 2 bridgehead atoms. The summed E-state index contributed by atoms with van der Waals surface area (Å²) >= 11 is 7.75. The Morgan fingerprint density at radius 3 is 2.85 bits per heavy atom. The van der Waals surface area contributed by atoms with E-state index >= 15 is 4.39 Å². The molecule has 0 fully saturated rings. The van der Waals surface area contributed by atoms with Gasteiger partial charge in [0, 0.05) is 30.0 Å². The van der Waals surface area contributed by atoms with E-state index < -0.39 is 11.6 Å². The van der Waals surface area contributed by atoms with Crippen LogP contribution in [0.5, 0.6) is 11.8 Å². The molecule has 0 spiro atoms. The van der Waals surface area contributed by atoms with E-state index in [1.807, 2.05) is 25.1 Å². The molecule has 2 aromatic heterocycles. The second kappa shape index (κ2) is 10.4. The Hall–Kier alpha value is -3.99. The number of nitriles is 1. The molecule has 4 aromatic rings. The highest BCUT2D eigenvalue weighted by Crippen LogP contribution is 2.50. The number of hydrogen-bond donors (Lipinski definition) is 2. The number of thiophene rings is 1. The molecule has 0 aliphatic carbocycles. The highest BCUT2D eigenvalue weighted by molar-refractivity contribution is 7.23. The van der Waals surface area contributed by atoms with E-state index in [0.717, 1.165) is 11.3 Å². The van der Waals surface area contributed by atoms with E-state index in [0.29, 0.717) is 13.1 Å². The molecule has 2 aliphatic heterocycles. The maximum absolute atomic E-state index is 16.7. The smallest absolute Gasteiger partial charge is 0.319 e. The summed E-state index contributed by atoms with van der Waals surface area (Å²) in [7, 11) is 3.83. The number of halogens is 3. The van der Waals surface area contributed by atoms with Gasteiger partial charge in [0.25, 0.3) is 0 Å². The number of benzene rings is 2. The van der Waals surface area contributed by atoms with Gasteiger partial charge in [-0.05, 0) is 25.7 Å². The van der Waals surface area contributed by atoms with Crippen molar-refractivity contribution < 1.29 is 23.0 Å². The highest BCUT2D eigenvalue weighted by atomic mass is 35.5. The number of amides is 1. The molecule has 212 valence electrons. The maximum Gasteiger partial charge on any atom is 0.319 e. The lowest BCUT2D eigenvalue weighted by Crippen LogP contribution is -2.42. The van der Waals surface area contributed by atoms with Gasteiger partial charge >= 0.3 is 6.01 Å². The van der Waals surface area contributed by atoms with Crippen molar-refractivity contribution in [1.29, 1.82) is 5.26 Å². The molecule has 4 heterocycles. The van der Waals surface area contributed by atoms with Gasteiger partial charge in [0.1, 0.15) is 34.8 Å². The highest BCUT2D eigenvalue weighted by Gasteiger charge is 2.32. The number of carbonyl (C=O) groups is 1. The number of fused-ring (bicyclic) bond motifs is 2. The van der Waals surface area contributed by atoms with Crippen LogP contribution in [0.15, 0.2) is 12.1 Å².